The first-order valence-electron chi connectivity index (χ1n) is 10.2. The predicted molar refractivity (Wildman–Crippen MR) is 113 cm³/mol. The summed E-state index contributed by atoms with van der Waals surface area (Å²) in [7, 11) is 1.66. The van der Waals surface area contributed by atoms with Crippen LogP contribution in [0.25, 0.3) is 11.3 Å². The van der Waals surface area contributed by atoms with E-state index < -0.39 is 11.6 Å². The van der Waals surface area contributed by atoms with Gasteiger partial charge in [0, 0.05) is 49.1 Å². The molecule has 2 heterocycles. The van der Waals surface area contributed by atoms with Crippen LogP contribution < -0.4 is 5.32 Å². The highest BCUT2D eigenvalue weighted by molar-refractivity contribution is 7.09. The fourth-order valence-electron chi connectivity index (χ4n) is 3.94. The van der Waals surface area contributed by atoms with Gasteiger partial charge in [0.05, 0.1) is 16.3 Å². The summed E-state index contributed by atoms with van der Waals surface area (Å²) >= 11 is 1.63. The van der Waals surface area contributed by atoms with E-state index in [-0.39, 0.29) is 22.7 Å². The first kappa shape index (κ1) is 20.7. The van der Waals surface area contributed by atoms with Crippen LogP contribution in [0.3, 0.4) is 0 Å². The minimum absolute atomic E-state index is 0.0965. The van der Waals surface area contributed by atoms with E-state index in [0.717, 1.165) is 17.1 Å². The first-order valence-corrected chi connectivity index (χ1v) is 11.1. The largest absolute Gasteiger partial charge is 0.351 e. The summed E-state index contributed by atoms with van der Waals surface area (Å²) in [6.45, 7) is 0.427. The van der Waals surface area contributed by atoms with Crippen molar-refractivity contribution in [1.82, 2.24) is 20.1 Å². The Morgan fingerprint density at radius 2 is 2.07 bits per heavy atom. The normalized spacial score (nSPS) is 14.8. The van der Waals surface area contributed by atoms with Gasteiger partial charge in [-0.25, -0.2) is 13.8 Å². The van der Waals surface area contributed by atoms with Crippen LogP contribution in [0.15, 0.2) is 29.8 Å². The average Bonchev–Trinajstić information content (AvgIpc) is 3.35. The second-order valence-electron chi connectivity index (χ2n) is 7.70. The molecule has 30 heavy (non-hydrogen) atoms. The summed E-state index contributed by atoms with van der Waals surface area (Å²) in [4.78, 5) is 17.5. The highest BCUT2D eigenvalue weighted by Crippen LogP contribution is 2.33. The highest BCUT2D eigenvalue weighted by Gasteiger charge is 2.21. The second kappa shape index (κ2) is 9.04. The van der Waals surface area contributed by atoms with Crippen molar-refractivity contribution in [3.63, 3.8) is 0 Å². The quantitative estimate of drug-likeness (QED) is 0.609. The number of carbonyl (C=O) groups is 1. The molecule has 1 aliphatic rings. The van der Waals surface area contributed by atoms with Crippen LogP contribution in [0.1, 0.15) is 59.1 Å². The molecule has 1 saturated carbocycles. The van der Waals surface area contributed by atoms with E-state index in [1.54, 1.807) is 18.4 Å². The Bertz CT molecular complexity index is 1040. The van der Waals surface area contributed by atoms with Gasteiger partial charge >= 0.3 is 0 Å². The summed E-state index contributed by atoms with van der Waals surface area (Å²) < 4.78 is 28.9. The Labute approximate surface area is 178 Å². The lowest BCUT2D eigenvalue weighted by molar-refractivity contribution is 0.0954. The number of rotatable bonds is 6. The van der Waals surface area contributed by atoms with Crippen LogP contribution in [-0.4, -0.2) is 27.2 Å². The van der Waals surface area contributed by atoms with E-state index in [2.05, 4.69) is 15.8 Å². The molecular formula is C22H24F2N4OS. The number of hydrogen-bond donors (Lipinski definition) is 1. The molecule has 1 fully saturated rings. The molecule has 0 unspecified atom stereocenters. The number of halogens is 2. The molecular weight excluding hydrogens is 406 g/mol. The molecule has 158 valence electrons. The minimum Gasteiger partial charge on any atom is -0.351 e. The molecule has 0 bridgehead atoms. The lowest BCUT2D eigenvalue weighted by atomic mass is 9.87. The number of benzene rings is 1. The lowest BCUT2D eigenvalue weighted by Crippen LogP contribution is -2.26. The van der Waals surface area contributed by atoms with E-state index in [9.17, 15) is 13.6 Å². The van der Waals surface area contributed by atoms with Gasteiger partial charge in [-0.05, 0) is 25.0 Å². The second-order valence-corrected chi connectivity index (χ2v) is 8.64. The number of carbonyl (C=O) groups excluding carboxylic acids is 1. The molecule has 1 aromatic carbocycles. The Hall–Kier alpha value is -2.61. The van der Waals surface area contributed by atoms with Crippen molar-refractivity contribution in [3.8, 4) is 11.3 Å². The predicted octanol–water partition coefficient (Wildman–Crippen LogP) is 4.84. The van der Waals surface area contributed by atoms with Crippen molar-refractivity contribution in [3.05, 3.63) is 57.7 Å². The van der Waals surface area contributed by atoms with Crippen molar-refractivity contribution in [2.24, 2.45) is 7.05 Å². The third-order valence-corrected chi connectivity index (χ3v) is 6.40. The van der Waals surface area contributed by atoms with Gasteiger partial charge in [0.1, 0.15) is 17.3 Å². The zero-order chi connectivity index (χ0) is 21.1. The molecule has 5 nitrogen and oxygen atoms in total. The molecule has 1 amide bonds. The van der Waals surface area contributed by atoms with Crippen LogP contribution in [0.2, 0.25) is 0 Å². The number of aromatic nitrogens is 3. The molecule has 4 rings (SSSR count). The minimum atomic E-state index is -0.749. The molecule has 0 radical (unpaired) electrons. The number of aryl methyl sites for hydroxylation is 1. The topological polar surface area (TPSA) is 59.8 Å². The number of amides is 1. The standard InChI is InChI=1S/C22H24F2N4OS/c1-28-12-17(21(27-28)16-8-7-15(23)11-18(16)24)22(29)25-10-9-20-26-19(13-30-20)14-5-3-2-4-6-14/h7-8,11-14H,2-6,9-10H2,1H3,(H,25,29). The van der Waals surface area contributed by atoms with E-state index in [0.29, 0.717) is 18.9 Å². The van der Waals surface area contributed by atoms with E-state index >= 15 is 0 Å². The lowest BCUT2D eigenvalue weighted by Gasteiger charge is -2.19. The Balaban J connectivity index is 1.40. The van der Waals surface area contributed by atoms with E-state index in [1.807, 2.05) is 0 Å². The van der Waals surface area contributed by atoms with Gasteiger partial charge in [-0.1, -0.05) is 19.3 Å². The summed E-state index contributed by atoms with van der Waals surface area (Å²) in [5.41, 5.74) is 1.73. The van der Waals surface area contributed by atoms with Crippen LogP contribution in [0.4, 0.5) is 8.78 Å². The van der Waals surface area contributed by atoms with Crippen molar-refractivity contribution >= 4 is 17.2 Å². The van der Waals surface area contributed by atoms with Gasteiger partial charge in [0.2, 0.25) is 0 Å². The first-order chi connectivity index (χ1) is 14.5. The molecule has 8 heteroatoms. The average molecular weight is 431 g/mol. The Morgan fingerprint density at radius 3 is 2.83 bits per heavy atom. The monoisotopic (exact) mass is 430 g/mol. The maximum atomic E-state index is 14.2. The zero-order valence-electron chi connectivity index (χ0n) is 16.8. The summed E-state index contributed by atoms with van der Waals surface area (Å²) in [6, 6.07) is 3.24. The molecule has 1 aliphatic carbocycles. The van der Waals surface area contributed by atoms with Gasteiger partial charge < -0.3 is 5.32 Å². The van der Waals surface area contributed by atoms with Crippen LogP contribution in [0.5, 0.6) is 0 Å². The molecule has 0 aliphatic heterocycles. The summed E-state index contributed by atoms with van der Waals surface area (Å²) in [5.74, 6) is -1.19. The van der Waals surface area contributed by atoms with Crippen molar-refractivity contribution in [1.29, 1.82) is 0 Å². The van der Waals surface area contributed by atoms with E-state index in [4.69, 9.17) is 4.98 Å². The molecule has 0 atom stereocenters. The van der Waals surface area contributed by atoms with Crippen LogP contribution in [-0.2, 0) is 13.5 Å². The fraction of sp³-hybridized carbons (Fsp3) is 0.409. The van der Waals surface area contributed by atoms with E-state index in [1.165, 1.54) is 54.7 Å². The maximum absolute atomic E-state index is 14.2. The van der Waals surface area contributed by atoms with Gasteiger partial charge in [0.15, 0.2) is 0 Å². The van der Waals surface area contributed by atoms with Gasteiger partial charge in [-0.2, -0.15) is 5.10 Å². The fourth-order valence-corrected chi connectivity index (χ4v) is 4.82. The van der Waals surface area contributed by atoms with Gasteiger partial charge in [-0.15, -0.1) is 11.3 Å². The van der Waals surface area contributed by atoms with Gasteiger partial charge in [0.25, 0.3) is 5.91 Å². The zero-order valence-corrected chi connectivity index (χ0v) is 17.6. The smallest absolute Gasteiger partial charge is 0.255 e. The Kier molecular flexibility index (Phi) is 6.22. The molecule has 0 spiro atoms. The molecule has 0 saturated heterocycles. The SMILES string of the molecule is Cn1cc(C(=O)NCCc2nc(C3CCCCC3)cs2)c(-c2ccc(F)cc2F)n1. The van der Waals surface area contributed by atoms with Crippen molar-refractivity contribution in [2.75, 3.05) is 6.54 Å². The van der Waals surface area contributed by atoms with Gasteiger partial charge in [-0.3, -0.25) is 9.48 Å². The third kappa shape index (κ3) is 4.59. The third-order valence-electron chi connectivity index (χ3n) is 5.48. The van der Waals surface area contributed by atoms with Crippen molar-refractivity contribution in [2.45, 2.75) is 44.4 Å². The number of thiazole rings is 1. The molecule has 3 aromatic rings. The Morgan fingerprint density at radius 1 is 1.27 bits per heavy atom. The maximum Gasteiger partial charge on any atom is 0.255 e. The van der Waals surface area contributed by atoms with Crippen LogP contribution in [0, 0.1) is 11.6 Å². The van der Waals surface area contributed by atoms with Crippen molar-refractivity contribution < 1.29 is 13.6 Å². The highest BCUT2D eigenvalue weighted by atomic mass is 32.1. The summed E-state index contributed by atoms with van der Waals surface area (Å²) in [5, 5.41) is 10.2. The number of nitrogens with zero attached hydrogens (tertiary/aromatic N) is 3. The van der Waals surface area contributed by atoms with Crippen LogP contribution >= 0.6 is 11.3 Å². The number of nitrogens with one attached hydrogen (secondary N) is 1. The molecule has 2 aromatic heterocycles. The summed E-state index contributed by atoms with van der Waals surface area (Å²) in [6.07, 6.45) is 8.47. The number of hydrogen-bond acceptors (Lipinski definition) is 4. The molecule has 1 N–H and O–H groups in total.